The zero-order valence-electron chi connectivity index (χ0n) is 15.7. The van der Waals surface area contributed by atoms with Crippen molar-refractivity contribution in [2.75, 3.05) is 18.4 Å². The molecule has 2 aromatic rings. The van der Waals surface area contributed by atoms with Crippen molar-refractivity contribution in [2.45, 2.75) is 36.1 Å². The van der Waals surface area contributed by atoms with Crippen LogP contribution in [0.3, 0.4) is 0 Å². The average Bonchev–Trinajstić information content (AvgIpc) is 3.31. The lowest BCUT2D eigenvalue weighted by Gasteiger charge is -2.37. The molecule has 1 saturated heterocycles. The van der Waals surface area contributed by atoms with Crippen LogP contribution in [0.15, 0.2) is 27.9 Å². The van der Waals surface area contributed by atoms with E-state index in [2.05, 4.69) is 20.1 Å². The van der Waals surface area contributed by atoms with Crippen molar-refractivity contribution in [1.82, 2.24) is 19.8 Å². The number of aromatic nitrogens is 3. The molecule has 1 atom stereocenters. The minimum absolute atomic E-state index is 0.0444. The monoisotopic (exact) mass is 435 g/mol. The number of likely N-dealkylation sites (tertiary alicyclic amines) is 1. The molecule has 0 bridgehead atoms. The van der Waals surface area contributed by atoms with E-state index in [0.29, 0.717) is 0 Å². The number of nitrogens with one attached hydrogen (secondary N) is 1. The number of sulfone groups is 1. The fourth-order valence-corrected chi connectivity index (χ4v) is 5.14. The fraction of sp³-hybridized carbons (Fsp3) is 0.562. The van der Waals surface area contributed by atoms with Crippen LogP contribution in [0.2, 0.25) is 0 Å². The number of hydrogen-bond donors (Lipinski definition) is 1. The largest absolute Gasteiger partial charge is 0.363 e. The summed E-state index contributed by atoms with van der Waals surface area (Å²) in [5, 5.41) is 6.71. The lowest BCUT2D eigenvalue weighted by molar-refractivity contribution is 0.116. The summed E-state index contributed by atoms with van der Waals surface area (Å²) in [6.45, 7) is 1.07. The molecule has 0 radical (unpaired) electrons. The van der Waals surface area contributed by atoms with Gasteiger partial charge in [-0.05, 0) is 19.8 Å². The zero-order chi connectivity index (χ0) is 21.4. The summed E-state index contributed by atoms with van der Waals surface area (Å²) in [6.07, 6.45) is -0.896. The first-order valence-electron chi connectivity index (χ1n) is 8.75. The summed E-state index contributed by atoms with van der Waals surface area (Å²) < 4.78 is 73.1. The van der Waals surface area contributed by atoms with Gasteiger partial charge in [0.1, 0.15) is 16.9 Å². The van der Waals surface area contributed by atoms with E-state index in [1.165, 1.54) is 24.3 Å². The summed E-state index contributed by atoms with van der Waals surface area (Å²) in [4.78, 5) is 12.8. The quantitative estimate of drug-likeness (QED) is 0.773. The number of carbonyl (C=O) groups is 1. The number of carbonyl (C=O) groups excluding carboxylic acids is 1. The molecule has 1 fully saturated rings. The van der Waals surface area contributed by atoms with Crippen LogP contribution in [0.5, 0.6) is 0 Å². The smallest absolute Gasteiger partial charge is 0.323 e. The molecular formula is C16H20F3N5O4S. The molecule has 0 aromatic carbocycles. The van der Waals surface area contributed by atoms with Gasteiger partial charge < -0.3 is 9.42 Å². The number of nitrogens with zero attached hydrogens (tertiary/aromatic N) is 4. The molecule has 29 heavy (non-hydrogen) atoms. The predicted molar refractivity (Wildman–Crippen MR) is 94.7 cm³/mol. The Balaban J connectivity index is 1.73. The van der Waals surface area contributed by atoms with Crippen LogP contribution < -0.4 is 5.32 Å². The Bertz CT molecular complexity index is 967. The highest BCUT2D eigenvalue weighted by molar-refractivity contribution is 7.92. The van der Waals surface area contributed by atoms with Crippen molar-refractivity contribution >= 4 is 21.7 Å². The Kier molecular flexibility index (Phi) is 5.61. The minimum atomic E-state index is -4.74. The van der Waals surface area contributed by atoms with Crippen LogP contribution in [0.4, 0.5) is 23.8 Å². The highest BCUT2D eigenvalue weighted by Gasteiger charge is 2.50. The van der Waals surface area contributed by atoms with Crippen molar-refractivity contribution in [3.63, 3.8) is 0 Å². The van der Waals surface area contributed by atoms with Crippen molar-refractivity contribution in [2.24, 2.45) is 13.0 Å². The van der Waals surface area contributed by atoms with Crippen LogP contribution in [0.1, 0.15) is 31.9 Å². The summed E-state index contributed by atoms with van der Waals surface area (Å²) >= 11 is 0. The number of anilines is 1. The molecule has 0 saturated carbocycles. The molecule has 1 aliphatic rings. The van der Waals surface area contributed by atoms with Crippen LogP contribution in [0, 0.1) is 5.92 Å². The number of alkyl halides is 3. The topological polar surface area (TPSA) is 110 Å². The van der Waals surface area contributed by atoms with E-state index in [-0.39, 0.29) is 31.7 Å². The van der Waals surface area contributed by atoms with Gasteiger partial charge in [-0.25, -0.2) is 26.4 Å². The van der Waals surface area contributed by atoms with Crippen LogP contribution in [-0.2, 0) is 16.9 Å². The van der Waals surface area contributed by atoms with Crippen molar-refractivity contribution in [3.8, 4) is 0 Å². The van der Waals surface area contributed by atoms with Crippen molar-refractivity contribution in [1.29, 1.82) is 0 Å². The SMILES string of the molecule is Cn1cc(S(=O)(=O)[C@@](C)(F)C2CCN(C(=O)Nc3ccon3)CC2)c(C(F)F)n1. The molecule has 0 unspecified atom stereocenters. The molecule has 0 spiro atoms. The number of hydrogen-bond acceptors (Lipinski definition) is 6. The summed E-state index contributed by atoms with van der Waals surface area (Å²) in [5.41, 5.74) is -0.971. The molecule has 3 heterocycles. The Morgan fingerprint density at radius 2 is 2.03 bits per heavy atom. The van der Waals surface area contributed by atoms with E-state index >= 15 is 4.39 Å². The maximum absolute atomic E-state index is 15.5. The van der Waals surface area contributed by atoms with Crippen LogP contribution in [0.25, 0.3) is 0 Å². The Morgan fingerprint density at radius 3 is 2.59 bits per heavy atom. The predicted octanol–water partition coefficient (Wildman–Crippen LogP) is 2.75. The van der Waals surface area contributed by atoms with E-state index in [0.717, 1.165) is 17.8 Å². The molecule has 13 heteroatoms. The summed E-state index contributed by atoms with van der Waals surface area (Å²) in [7, 11) is -3.46. The lowest BCUT2D eigenvalue weighted by Crippen LogP contribution is -2.48. The molecule has 0 aliphatic carbocycles. The van der Waals surface area contributed by atoms with E-state index < -0.39 is 43.8 Å². The van der Waals surface area contributed by atoms with Gasteiger partial charge in [-0.2, -0.15) is 5.10 Å². The summed E-state index contributed by atoms with van der Waals surface area (Å²) in [6, 6.07) is 0.970. The van der Waals surface area contributed by atoms with Crippen LogP contribution >= 0.6 is 0 Å². The molecule has 9 nitrogen and oxygen atoms in total. The van der Waals surface area contributed by atoms with Gasteiger partial charge in [0.2, 0.25) is 14.8 Å². The van der Waals surface area contributed by atoms with Gasteiger partial charge in [0.05, 0.1) is 0 Å². The van der Waals surface area contributed by atoms with Gasteiger partial charge in [-0.3, -0.25) is 10.00 Å². The number of halogens is 3. The van der Waals surface area contributed by atoms with Crippen molar-refractivity contribution < 1.29 is 30.9 Å². The second-order valence-electron chi connectivity index (χ2n) is 6.92. The molecule has 3 rings (SSSR count). The highest BCUT2D eigenvalue weighted by atomic mass is 32.2. The second-order valence-corrected chi connectivity index (χ2v) is 9.16. The minimum Gasteiger partial charge on any atom is -0.363 e. The first kappa shape index (κ1) is 21.1. The van der Waals surface area contributed by atoms with Gasteiger partial charge in [0, 0.05) is 38.3 Å². The average molecular weight is 435 g/mol. The third-order valence-corrected chi connectivity index (χ3v) is 7.31. The summed E-state index contributed by atoms with van der Waals surface area (Å²) in [5.74, 6) is -0.763. The molecular weight excluding hydrogens is 415 g/mol. The maximum atomic E-state index is 15.5. The first-order valence-corrected chi connectivity index (χ1v) is 10.2. The molecule has 2 aromatic heterocycles. The van der Waals surface area contributed by atoms with E-state index in [4.69, 9.17) is 0 Å². The third-order valence-electron chi connectivity index (χ3n) is 5.03. The number of aryl methyl sites for hydroxylation is 1. The molecule has 1 N–H and O–H groups in total. The Hall–Kier alpha value is -2.57. The van der Waals surface area contributed by atoms with Gasteiger partial charge in [-0.15, -0.1) is 0 Å². The normalized spacial score (nSPS) is 18.1. The van der Waals surface area contributed by atoms with E-state index in [1.807, 2.05) is 0 Å². The second kappa shape index (κ2) is 7.69. The fourth-order valence-electron chi connectivity index (χ4n) is 3.34. The van der Waals surface area contributed by atoms with Gasteiger partial charge in [0.15, 0.2) is 5.82 Å². The zero-order valence-corrected chi connectivity index (χ0v) is 16.5. The van der Waals surface area contributed by atoms with Gasteiger partial charge in [0.25, 0.3) is 6.43 Å². The van der Waals surface area contributed by atoms with Gasteiger partial charge in [-0.1, -0.05) is 5.16 Å². The van der Waals surface area contributed by atoms with Crippen LogP contribution in [-0.4, -0.2) is 52.4 Å². The Labute approximate surface area is 164 Å². The number of amides is 2. The maximum Gasteiger partial charge on any atom is 0.323 e. The third kappa shape index (κ3) is 3.95. The first-order chi connectivity index (χ1) is 13.5. The Morgan fingerprint density at radius 1 is 1.38 bits per heavy atom. The molecule has 160 valence electrons. The van der Waals surface area contributed by atoms with Crippen molar-refractivity contribution in [3.05, 3.63) is 24.2 Å². The number of rotatable bonds is 5. The molecule has 2 amide bonds. The van der Waals surface area contributed by atoms with E-state index in [1.54, 1.807) is 0 Å². The number of urea groups is 1. The van der Waals surface area contributed by atoms with E-state index in [9.17, 15) is 22.0 Å². The standard InChI is InChI=1S/C16H20F3N5O4S/c1-16(19,29(26,27)11-9-23(2)21-13(11)14(17)18)10-3-6-24(7-4-10)15(25)20-12-5-8-28-22-12/h5,8-10,14H,3-4,6-7H2,1-2H3,(H,20,22,25)/t16-/m1/s1. The highest BCUT2D eigenvalue weighted by Crippen LogP contribution is 2.41. The molecule has 1 aliphatic heterocycles. The number of piperidine rings is 1. The van der Waals surface area contributed by atoms with Gasteiger partial charge >= 0.3 is 6.03 Å². The lowest BCUT2D eigenvalue weighted by atomic mass is 9.92.